The van der Waals surface area contributed by atoms with Crippen LogP contribution < -0.4 is 0 Å². The minimum absolute atomic E-state index is 0.412. The Bertz CT molecular complexity index is 522. The second-order valence-corrected chi connectivity index (χ2v) is 5.96. The molecule has 0 bridgehead atoms. The zero-order chi connectivity index (χ0) is 13.8. The van der Waals surface area contributed by atoms with Crippen LogP contribution in [-0.4, -0.2) is 11.6 Å². The molecule has 1 aromatic carbocycles. The largest absolute Gasteiger partial charge is 0.457 e. The summed E-state index contributed by atoms with van der Waals surface area (Å²) in [6.07, 6.45) is 2.95. The van der Waals surface area contributed by atoms with Crippen LogP contribution in [0.25, 0.3) is 6.08 Å². The third-order valence-electron chi connectivity index (χ3n) is 1.94. The van der Waals surface area contributed by atoms with E-state index < -0.39 is 11.6 Å². The SMILES string of the molecule is CC(C)(C)OC(=O)/C=C/c1cc(I)ccc1C#N. The van der Waals surface area contributed by atoms with Crippen LogP contribution in [0.1, 0.15) is 31.9 Å². The minimum Gasteiger partial charge on any atom is -0.457 e. The van der Waals surface area contributed by atoms with Crippen LogP contribution in [0.15, 0.2) is 24.3 Å². The second kappa shape index (κ2) is 6.01. The topological polar surface area (TPSA) is 50.1 Å². The van der Waals surface area contributed by atoms with Crippen molar-refractivity contribution < 1.29 is 9.53 Å². The summed E-state index contributed by atoms with van der Waals surface area (Å²) in [5.74, 6) is -0.412. The van der Waals surface area contributed by atoms with E-state index >= 15 is 0 Å². The quantitative estimate of drug-likeness (QED) is 0.463. The van der Waals surface area contributed by atoms with Crippen molar-refractivity contribution in [2.75, 3.05) is 0 Å². The van der Waals surface area contributed by atoms with Gasteiger partial charge in [0.05, 0.1) is 11.6 Å². The van der Waals surface area contributed by atoms with Gasteiger partial charge >= 0.3 is 5.97 Å². The molecular formula is C14H14INO2. The molecule has 0 N–H and O–H groups in total. The van der Waals surface area contributed by atoms with Crippen molar-refractivity contribution in [3.8, 4) is 6.07 Å². The third kappa shape index (κ3) is 4.88. The molecule has 0 amide bonds. The summed E-state index contributed by atoms with van der Waals surface area (Å²) in [5, 5.41) is 8.96. The van der Waals surface area contributed by atoms with E-state index in [1.165, 1.54) is 6.08 Å². The van der Waals surface area contributed by atoms with Crippen molar-refractivity contribution in [1.82, 2.24) is 0 Å². The van der Waals surface area contributed by atoms with E-state index in [0.29, 0.717) is 5.56 Å². The van der Waals surface area contributed by atoms with Gasteiger partial charge in [-0.25, -0.2) is 4.79 Å². The van der Waals surface area contributed by atoms with Gasteiger partial charge in [0.1, 0.15) is 5.60 Å². The average Bonchev–Trinajstić information content (AvgIpc) is 2.24. The van der Waals surface area contributed by atoms with Crippen LogP contribution in [0.3, 0.4) is 0 Å². The van der Waals surface area contributed by atoms with E-state index in [4.69, 9.17) is 10.00 Å². The summed E-state index contributed by atoms with van der Waals surface area (Å²) in [6.45, 7) is 5.43. The molecular weight excluding hydrogens is 341 g/mol. The number of hydrogen-bond donors (Lipinski definition) is 0. The highest BCUT2D eigenvalue weighted by molar-refractivity contribution is 14.1. The van der Waals surface area contributed by atoms with Gasteiger partial charge in [0.25, 0.3) is 0 Å². The van der Waals surface area contributed by atoms with Crippen molar-refractivity contribution in [2.45, 2.75) is 26.4 Å². The first kappa shape index (κ1) is 14.7. The fourth-order valence-electron chi connectivity index (χ4n) is 1.27. The van der Waals surface area contributed by atoms with E-state index in [9.17, 15) is 4.79 Å². The molecule has 0 atom stereocenters. The first-order chi connectivity index (χ1) is 8.31. The fraction of sp³-hybridized carbons (Fsp3) is 0.286. The number of rotatable bonds is 2. The molecule has 3 nitrogen and oxygen atoms in total. The molecule has 0 saturated carbocycles. The van der Waals surface area contributed by atoms with Crippen molar-refractivity contribution >= 4 is 34.6 Å². The molecule has 0 unspecified atom stereocenters. The Hall–Kier alpha value is -1.35. The molecule has 18 heavy (non-hydrogen) atoms. The molecule has 0 aliphatic heterocycles. The normalized spacial score (nSPS) is 11.3. The van der Waals surface area contributed by atoms with Crippen LogP contribution in [0.2, 0.25) is 0 Å². The van der Waals surface area contributed by atoms with Gasteiger partial charge in [-0.2, -0.15) is 5.26 Å². The molecule has 0 radical (unpaired) electrons. The summed E-state index contributed by atoms with van der Waals surface area (Å²) in [5.41, 5.74) is 0.746. The second-order valence-electron chi connectivity index (χ2n) is 4.71. The monoisotopic (exact) mass is 355 g/mol. The van der Waals surface area contributed by atoms with Gasteiger partial charge in [-0.1, -0.05) is 0 Å². The fourth-order valence-corrected chi connectivity index (χ4v) is 1.78. The van der Waals surface area contributed by atoms with Crippen LogP contribution in [-0.2, 0) is 9.53 Å². The van der Waals surface area contributed by atoms with E-state index in [-0.39, 0.29) is 0 Å². The van der Waals surface area contributed by atoms with Crippen molar-refractivity contribution in [3.05, 3.63) is 39.0 Å². The highest BCUT2D eigenvalue weighted by Gasteiger charge is 2.13. The zero-order valence-electron chi connectivity index (χ0n) is 10.5. The number of carbonyl (C=O) groups excluding carboxylic acids is 1. The molecule has 4 heteroatoms. The first-order valence-corrected chi connectivity index (χ1v) is 6.50. The summed E-state index contributed by atoms with van der Waals surface area (Å²) < 4.78 is 6.16. The molecule has 1 aromatic rings. The predicted octanol–water partition coefficient (Wildman–Crippen LogP) is 3.52. The molecule has 0 aliphatic rings. The van der Waals surface area contributed by atoms with E-state index in [2.05, 4.69) is 28.7 Å². The number of ether oxygens (including phenoxy) is 1. The van der Waals surface area contributed by atoms with Crippen molar-refractivity contribution in [2.24, 2.45) is 0 Å². The average molecular weight is 355 g/mol. The molecule has 0 fully saturated rings. The Morgan fingerprint density at radius 2 is 2.11 bits per heavy atom. The Balaban J connectivity index is 2.88. The number of halogens is 1. The van der Waals surface area contributed by atoms with Gasteiger partial charge < -0.3 is 4.74 Å². The number of carbonyl (C=O) groups is 1. The molecule has 0 aromatic heterocycles. The Labute approximate surface area is 121 Å². The number of nitriles is 1. The highest BCUT2D eigenvalue weighted by atomic mass is 127. The Morgan fingerprint density at radius 1 is 1.44 bits per heavy atom. The number of esters is 1. The standard InChI is InChI=1S/C14H14INO2/c1-14(2,3)18-13(17)7-5-10-8-12(15)6-4-11(10)9-16/h4-8H,1-3H3/b7-5+. The van der Waals surface area contributed by atoms with Crippen molar-refractivity contribution in [3.63, 3.8) is 0 Å². The zero-order valence-corrected chi connectivity index (χ0v) is 12.7. The molecule has 0 aliphatic carbocycles. The lowest BCUT2D eigenvalue weighted by atomic mass is 10.1. The summed E-state index contributed by atoms with van der Waals surface area (Å²) >= 11 is 2.16. The van der Waals surface area contributed by atoms with Crippen LogP contribution in [0.5, 0.6) is 0 Å². The van der Waals surface area contributed by atoms with E-state index in [1.807, 2.05) is 32.9 Å². The number of nitrogens with zero attached hydrogens (tertiary/aromatic N) is 1. The summed E-state index contributed by atoms with van der Waals surface area (Å²) in [6, 6.07) is 7.52. The summed E-state index contributed by atoms with van der Waals surface area (Å²) in [7, 11) is 0. The van der Waals surface area contributed by atoms with Gasteiger partial charge in [0.15, 0.2) is 0 Å². The smallest absolute Gasteiger partial charge is 0.331 e. The van der Waals surface area contributed by atoms with Crippen LogP contribution in [0.4, 0.5) is 0 Å². The lowest BCUT2D eigenvalue weighted by Gasteiger charge is -2.17. The molecule has 94 valence electrons. The maximum atomic E-state index is 11.5. The maximum Gasteiger partial charge on any atom is 0.331 e. The van der Waals surface area contributed by atoms with Gasteiger partial charge in [-0.15, -0.1) is 0 Å². The molecule has 0 saturated heterocycles. The Morgan fingerprint density at radius 3 is 2.67 bits per heavy atom. The Kier molecular flexibility index (Phi) is 4.91. The lowest BCUT2D eigenvalue weighted by Crippen LogP contribution is -2.22. The third-order valence-corrected chi connectivity index (χ3v) is 2.61. The maximum absolute atomic E-state index is 11.5. The van der Waals surface area contributed by atoms with Crippen LogP contribution >= 0.6 is 22.6 Å². The summed E-state index contributed by atoms with van der Waals surface area (Å²) in [4.78, 5) is 11.5. The minimum atomic E-state index is -0.509. The lowest BCUT2D eigenvalue weighted by molar-refractivity contribution is -0.148. The molecule has 0 spiro atoms. The van der Waals surface area contributed by atoms with Crippen LogP contribution in [0, 0.1) is 14.9 Å². The number of benzene rings is 1. The van der Waals surface area contributed by atoms with Gasteiger partial charge in [-0.05, 0) is 73.2 Å². The predicted molar refractivity (Wildman–Crippen MR) is 78.8 cm³/mol. The first-order valence-electron chi connectivity index (χ1n) is 5.42. The van der Waals surface area contributed by atoms with E-state index in [1.54, 1.807) is 12.1 Å². The van der Waals surface area contributed by atoms with Gasteiger partial charge in [0, 0.05) is 9.65 Å². The van der Waals surface area contributed by atoms with Gasteiger partial charge in [0.2, 0.25) is 0 Å². The van der Waals surface area contributed by atoms with Crippen molar-refractivity contribution in [1.29, 1.82) is 5.26 Å². The van der Waals surface area contributed by atoms with Gasteiger partial charge in [-0.3, -0.25) is 0 Å². The van der Waals surface area contributed by atoms with E-state index in [0.717, 1.165) is 9.13 Å². The number of hydrogen-bond acceptors (Lipinski definition) is 3. The molecule has 0 heterocycles. The molecule has 1 rings (SSSR count). The highest BCUT2D eigenvalue weighted by Crippen LogP contribution is 2.15.